The Bertz CT molecular complexity index is 706. The number of hydrogen-bond acceptors (Lipinski definition) is 4. The number of furan rings is 1. The Morgan fingerprint density at radius 3 is 2.57 bits per heavy atom. The summed E-state index contributed by atoms with van der Waals surface area (Å²) in [5.74, 6) is 0.269. The number of aryl methyl sites for hydroxylation is 2. The summed E-state index contributed by atoms with van der Waals surface area (Å²) in [6, 6.07) is 8.40. The molecule has 3 N–H and O–H groups in total. The van der Waals surface area contributed by atoms with E-state index >= 15 is 0 Å². The first-order valence-corrected chi connectivity index (χ1v) is 7.38. The van der Waals surface area contributed by atoms with Gasteiger partial charge in [0.2, 0.25) is 0 Å². The maximum absolute atomic E-state index is 12.1. The van der Waals surface area contributed by atoms with Gasteiger partial charge >= 0.3 is 0 Å². The average Bonchev–Trinajstić information content (AvgIpc) is 2.96. The van der Waals surface area contributed by atoms with Crippen molar-refractivity contribution in [1.29, 1.82) is 0 Å². The molecular formula is C17H20N2O4. The van der Waals surface area contributed by atoms with E-state index < -0.39 is 0 Å². The maximum atomic E-state index is 12.1. The molecule has 1 aromatic carbocycles. The van der Waals surface area contributed by atoms with Gasteiger partial charge in [-0.05, 0) is 50.1 Å². The molecule has 6 heteroatoms. The van der Waals surface area contributed by atoms with Crippen LogP contribution in [0.5, 0.6) is 0 Å². The predicted octanol–water partition coefficient (Wildman–Crippen LogP) is 2.26. The molecule has 0 saturated heterocycles. The summed E-state index contributed by atoms with van der Waals surface area (Å²) < 4.78 is 5.29. The van der Waals surface area contributed by atoms with Gasteiger partial charge in [0, 0.05) is 24.4 Å². The van der Waals surface area contributed by atoms with Crippen LogP contribution in [0.3, 0.4) is 0 Å². The van der Waals surface area contributed by atoms with Gasteiger partial charge in [0.05, 0.1) is 0 Å². The summed E-state index contributed by atoms with van der Waals surface area (Å²) >= 11 is 0. The molecule has 0 unspecified atom stereocenters. The van der Waals surface area contributed by atoms with Crippen molar-refractivity contribution in [2.24, 2.45) is 0 Å². The molecule has 2 aromatic rings. The van der Waals surface area contributed by atoms with Gasteiger partial charge in [0.25, 0.3) is 11.8 Å². The number of aliphatic hydroxyl groups is 1. The Hall–Kier alpha value is -2.60. The van der Waals surface area contributed by atoms with E-state index in [1.807, 2.05) is 6.92 Å². The average molecular weight is 316 g/mol. The lowest BCUT2D eigenvalue weighted by Gasteiger charge is -2.10. The van der Waals surface area contributed by atoms with Gasteiger partial charge in [-0.1, -0.05) is 6.07 Å². The summed E-state index contributed by atoms with van der Waals surface area (Å²) in [4.78, 5) is 24.2. The van der Waals surface area contributed by atoms with Crippen molar-refractivity contribution in [1.82, 2.24) is 5.32 Å². The second kappa shape index (κ2) is 7.60. The molecule has 0 spiro atoms. The maximum Gasteiger partial charge on any atom is 0.291 e. The molecule has 0 fully saturated rings. The highest BCUT2D eigenvalue weighted by molar-refractivity contribution is 6.04. The SMILES string of the molecule is Cc1ccc(C(=O)Nc2cc(C(=O)NCCCO)ccc2C)o1. The molecule has 0 aliphatic carbocycles. The molecule has 23 heavy (non-hydrogen) atoms. The molecule has 1 aromatic heterocycles. The highest BCUT2D eigenvalue weighted by Gasteiger charge is 2.13. The van der Waals surface area contributed by atoms with E-state index in [1.165, 1.54) is 0 Å². The largest absolute Gasteiger partial charge is 0.456 e. The molecule has 0 atom stereocenters. The number of carbonyl (C=O) groups is 2. The predicted molar refractivity (Wildman–Crippen MR) is 86.6 cm³/mol. The topological polar surface area (TPSA) is 91.6 Å². The fraction of sp³-hybridized carbons (Fsp3) is 0.294. The first kappa shape index (κ1) is 16.8. The van der Waals surface area contributed by atoms with Gasteiger partial charge < -0.3 is 20.2 Å². The van der Waals surface area contributed by atoms with E-state index in [2.05, 4.69) is 10.6 Å². The second-order valence-electron chi connectivity index (χ2n) is 5.23. The van der Waals surface area contributed by atoms with E-state index in [1.54, 1.807) is 37.3 Å². The van der Waals surface area contributed by atoms with E-state index in [0.717, 1.165) is 5.56 Å². The Kier molecular flexibility index (Phi) is 5.54. The van der Waals surface area contributed by atoms with Crippen molar-refractivity contribution in [3.05, 3.63) is 53.0 Å². The van der Waals surface area contributed by atoms with E-state index in [4.69, 9.17) is 9.52 Å². The fourth-order valence-corrected chi connectivity index (χ4v) is 2.02. The molecule has 2 rings (SSSR count). The van der Waals surface area contributed by atoms with Crippen molar-refractivity contribution in [3.63, 3.8) is 0 Å². The van der Waals surface area contributed by atoms with Gasteiger partial charge in [-0.2, -0.15) is 0 Å². The van der Waals surface area contributed by atoms with Crippen molar-refractivity contribution >= 4 is 17.5 Å². The summed E-state index contributed by atoms with van der Waals surface area (Å²) in [6.07, 6.45) is 0.499. The number of hydrogen-bond donors (Lipinski definition) is 3. The minimum Gasteiger partial charge on any atom is -0.456 e. The minimum absolute atomic E-state index is 0.0258. The van der Waals surface area contributed by atoms with Gasteiger partial charge in [-0.25, -0.2) is 0 Å². The van der Waals surface area contributed by atoms with Gasteiger partial charge in [0.1, 0.15) is 5.76 Å². The molecule has 1 heterocycles. The third-order valence-corrected chi connectivity index (χ3v) is 3.33. The number of rotatable bonds is 6. The molecule has 0 radical (unpaired) electrons. The Labute approximate surface area is 134 Å². The summed E-state index contributed by atoms with van der Waals surface area (Å²) in [6.45, 7) is 4.03. The monoisotopic (exact) mass is 316 g/mol. The highest BCUT2D eigenvalue weighted by Crippen LogP contribution is 2.18. The van der Waals surface area contributed by atoms with Crippen LogP contribution in [-0.4, -0.2) is 30.1 Å². The summed E-state index contributed by atoms with van der Waals surface area (Å²) in [7, 11) is 0. The highest BCUT2D eigenvalue weighted by atomic mass is 16.3. The lowest BCUT2D eigenvalue weighted by molar-refractivity contribution is 0.0949. The number of aliphatic hydroxyl groups excluding tert-OH is 1. The lowest BCUT2D eigenvalue weighted by Crippen LogP contribution is -2.25. The Morgan fingerprint density at radius 2 is 1.91 bits per heavy atom. The van der Waals surface area contributed by atoms with Crippen molar-refractivity contribution in [3.8, 4) is 0 Å². The zero-order valence-corrected chi connectivity index (χ0v) is 13.2. The molecule has 0 aliphatic rings. The van der Waals surface area contributed by atoms with Crippen LogP contribution in [0.25, 0.3) is 0 Å². The van der Waals surface area contributed by atoms with Crippen molar-refractivity contribution in [2.75, 3.05) is 18.5 Å². The molecule has 0 aliphatic heterocycles. The number of anilines is 1. The van der Waals surface area contributed by atoms with Crippen LogP contribution in [0.4, 0.5) is 5.69 Å². The number of benzene rings is 1. The van der Waals surface area contributed by atoms with Crippen LogP contribution in [0.2, 0.25) is 0 Å². The lowest BCUT2D eigenvalue weighted by atomic mass is 10.1. The standard InChI is InChI=1S/C17H20N2O4/c1-11-4-6-13(16(21)18-8-3-9-20)10-14(11)19-17(22)15-7-5-12(2)23-15/h4-7,10,20H,3,8-9H2,1-2H3,(H,18,21)(H,19,22). The third kappa shape index (κ3) is 4.43. The van der Waals surface area contributed by atoms with Gasteiger partial charge in [-0.15, -0.1) is 0 Å². The van der Waals surface area contributed by atoms with Gasteiger partial charge in [0.15, 0.2) is 5.76 Å². The molecule has 122 valence electrons. The normalized spacial score (nSPS) is 10.4. The van der Waals surface area contributed by atoms with Crippen molar-refractivity contribution in [2.45, 2.75) is 20.3 Å². The molecule has 2 amide bonds. The Morgan fingerprint density at radius 1 is 1.13 bits per heavy atom. The van der Waals surface area contributed by atoms with Crippen LogP contribution in [0.1, 0.15) is 38.7 Å². The third-order valence-electron chi connectivity index (χ3n) is 3.33. The van der Waals surface area contributed by atoms with Crippen LogP contribution in [0, 0.1) is 13.8 Å². The minimum atomic E-state index is -0.362. The van der Waals surface area contributed by atoms with E-state index in [-0.39, 0.29) is 24.2 Å². The second-order valence-corrected chi connectivity index (χ2v) is 5.23. The molecule has 0 saturated carbocycles. The van der Waals surface area contributed by atoms with E-state index in [0.29, 0.717) is 30.0 Å². The fourth-order valence-electron chi connectivity index (χ4n) is 2.02. The van der Waals surface area contributed by atoms with Crippen LogP contribution < -0.4 is 10.6 Å². The van der Waals surface area contributed by atoms with Crippen LogP contribution in [-0.2, 0) is 0 Å². The number of amides is 2. The summed E-state index contributed by atoms with van der Waals surface area (Å²) in [5.41, 5.74) is 1.84. The smallest absolute Gasteiger partial charge is 0.291 e. The zero-order chi connectivity index (χ0) is 16.8. The number of carbonyl (C=O) groups excluding carboxylic acids is 2. The zero-order valence-electron chi connectivity index (χ0n) is 13.2. The quantitative estimate of drug-likeness (QED) is 0.713. The number of nitrogens with one attached hydrogen (secondary N) is 2. The first-order valence-electron chi connectivity index (χ1n) is 7.38. The summed E-state index contributed by atoms with van der Waals surface area (Å²) in [5, 5.41) is 14.2. The van der Waals surface area contributed by atoms with Crippen molar-refractivity contribution < 1.29 is 19.1 Å². The molecular weight excluding hydrogens is 296 g/mol. The van der Waals surface area contributed by atoms with Gasteiger partial charge in [-0.3, -0.25) is 9.59 Å². The van der Waals surface area contributed by atoms with E-state index in [9.17, 15) is 9.59 Å². The first-order chi connectivity index (χ1) is 11.0. The molecule has 6 nitrogen and oxygen atoms in total. The van der Waals surface area contributed by atoms with Crippen LogP contribution >= 0.6 is 0 Å². The Balaban J connectivity index is 2.11. The molecule has 0 bridgehead atoms. The van der Waals surface area contributed by atoms with Crippen LogP contribution in [0.15, 0.2) is 34.7 Å².